The first-order valence-corrected chi connectivity index (χ1v) is 10.2. The van der Waals surface area contributed by atoms with Crippen LogP contribution in [0.4, 0.5) is 0 Å². The monoisotopic (exact) mass is 373 g/mol. The summed E-state index contributed by atoms with van der Waals surface area (Å²) in [6.07, 6.45) is -0.0247. The zero-order chi connectivity index (χ0) is 17.7. The fraction of sp³-hybridized carbons (Fsp3) is 0.300. The van der Waals surface area contributed by atoms with Crippen LogP contribution in [0.1, 0.15) is 36.1 Å². The molecule has 0 fully saturated rings. The lowest BCUT2D eigenvalue weighted by Gasteiger charge is -2.29. The first-order chi connectivity index (χ1) is 12.1. The van der Waals surface area contributed by atoms with Crippen molar-refractivity contribution < 1.29 is 10.2 Å². The Bertz CT molecular complexity index is 707. The average molecular weight is 374 g/mol. The maximum atomic E-state index is 11.3. The normalized spacial score (nSPS) is 14.4. The van der Waals surface area contributed by atoms with Crippen molar-refractivity contribution >= 4 is 22.7 Å². The highest BCUT2D eigenvalue weighted by molar-refractivity contribution is 7.08. The zero-order valence-electron chi connectivity index (χ0n) is 14.1. The second-order valence-electron chi connectivity index (χ2n) is 6.23. The van der Waals surface area contributed by atoms with Crippen molar-refractivity contribution in [3.05, 3.63) is 80.7 Å². The Kier molecular flexibility index (Phi) is 6.04. The molecule has 3 aromatic rings. The summed E-state index contributed by atoms with van der Waals surface area (Å²) < 4.78 is 0. The van der Waals surface area contributed by atoms with Gasteiger partial charge in [0, 0.05) is 6.04 Å². The van der Waals surface area contributed by atoms with Crippen molar-refractivity contribution in [2.75, 3.05) is 6.54 Å². The minimum Gasteiger partial charge on any atom is -0.387 e. The fourth-order valence-corrected chi connectivity index (χ4v) is 4.43. The van der Waals surface area contributed by atoms with Crippen LogP contribution in [0.3, 0.4) is 0 Å². The highest BCUT2D eigenvalue weighted by atomic mass is 32.1. The first kappa shape index (κ1) is 18.3. The molecule has 0 amide bonds. The molecule has 5 heteroatoms. The standard InChI is InChI=1S/C20H23NO2S2/c1-15(19(22)16-5-3-2-4-6-16)21-10-9-20(23,17-7-11-24-13-17)18-8-12-25-14-18/h2-8,11-15,19,21-23H,9-10H2,1H3. The molecule has 0 saturated heterocycles. The van der Waals surface area contributed by atoms with Gasteiger partial charge in [0.25, 0.3) is 0 Å². The predicted molar refractivity (Wildman–Crippen MR) is 105 cm³/mol. The first-order valence-electron chi connectivity index (χ1n) is 8.35. The van der Waals surface area contributed by atoms with Crippen LogP contribution in [0.15, 0.2) is 64.0 Å². The lowest BCUT2D eigenvalue weighted by molar-refractivity contribution is 0.0672. The van der Waals surface area contributed by atoms with E-state index in [9.17, 15) is 10.2 Å². The van der Waals surface area contributed by atoms with Crippen molar-refractivity contribution in [2.24, 2.45) is 0 Å². The van der Waals surface area contributed by atoms with E-state index in [1.54, 1.807) is 22.7 Å². The third-order valence-electron chi connectivity index (χ3n) is 4.57. The smallest absolute Gasteiger partial charge is 0.117 e. The van der Waals surface area contributed by atoms with Crippen molar-refractivity contribution in [1.29, 1.82) is 0 Å². The Balaban J connectivity index is 1.64. The Hall–Kier alpha value is -1.50. The highest BCUT2D eigenvalue weighted by Gasteiger charge is 2.32. The molecule has 3 nitrogen and oxygen atoms in total. The SMILES string of the molecule is CC(NCCC(O)(c1ccsc1)c1ccsc1)C(O)c1ccccc1. The molecule has 2 atom stereocenters. The summed E-state index contributed by atoms with van der Waals surface area (Å²) in [6, 6.07) is 13.5. The number of rotatable bonds is 8. The van der Waals surface area contributed by atoms with E-state index in [0.717, 1.165) is 16.7 Å². The van der Waals surface area contributed by atoms with Crippen LogP contribution in [0.2, 0.25) is 0 Å². The summed E-state index contributed by atoms with van der Waals surface area (Å²) in [5.41, 5.74) is 1.75. The average Bonchev–Trinajstić information content (AvgIpc) is 3.35. The van der Waals surface area contributed by atoms with Crippen LogP contribution in [0, 0.1) is 0 Å². The molecular weight excluding hydrogens is 350 g/mol. The van der Waals surface area contributed by atoms with Gasteiger partial charge in [0.15, 0.2) is 0 Å². The number of thiophene rings is 2. The van der Waals surface area contributed by atoms with Crippen molar-refractivity contribution in [3.8, 4) is 0 Å². The fourth-order valence-electron chi connectivity index (χ4n) is 2.99. The molecule has 2 unspecified atom stereocenters. The second-order valence-corrected chi connectivity index (χ2v) is 7.79. The van der Waals surface area contributed by atoms with Crippen LogP contribution >= 0.6 is 22.7 Å². The Morgan fingerprint density at radius 3 is 2.12 bits per heavy atom. The molecule has 0 aliphatic carbocycles. The maximum absolute atomic E-state index is 11.3. The molecule has 3 N–H and O–H groups in total. The van der Waals surface area contributed by atoms with E-state index in [1.165, 1.54) is 0 Å². The lowest BCUT2D eigenvalue weighted by atomic mass is 9.86. The van der Waals surface area contributed by atoms with Gasteiger partial charge in [0.1, 0.15) is 5.60 Å². The van der Waals surface area contributed by atoms with Crippen LogP contribution < -0.4 is 5.32 Å². The van der Waals surface area contributed by atoms with E-state index in [-0.39, 0.29) is 6.04 Å². The van der Waals surface area contributed by atoms with E-state index in [0.29, 0.717) is 13.0 Å². The molecule has 0 saturated carbocycles. The minimum absolute atomic E-state index is 0.100. The molecule has 0 aliphatic rings. The van der Waals surface area contributed by atoms with Gasteiger partial charge in [0.2, 0.25) is 0 Å². The van der Waals surface area contributed by atoms with E-state index >= 15 is 0 Å². The van der Waals surface area contributed by atoms with Crippen LogP contribution in [-0.4, -0.2) is 22.8 Å². The zero-order valence-corrected chi connectivity index (χ0v) is 15.8. The van der Waals surface area contributed by atoms with Gasteiger partial charge in [-0.05, 0) is 70.2 Å². The number of aliphatic hydroxyl groups is 2. The van der Waals surface area contributed by atoms with Crippen molar-refractivity contribution in [1.82, 2.24) is 5.32 Å². The molecule has 0 aliphatic heterocycles. The third-order valence-corrected chi connectivity index (χ3v) is 5.93. The van der Waals surface area contributed by atoms with Crippen LogP contribution in [-0.2, 0) is 5.60 Å². The molecule has 25 heavy (non-hydrogen) atoms. The Morgan fingerprint density at radius 2 is 1.60 bits per heavy atom. The number of hydrogen-bond acceptors (Lipinski definition) is 5. The molecule has 1 aromatic carbocycles. The van der Waals surface area contributed by atoms with Gasteiger partial charge >= 0.3 is 0 Å². The summed E-state index contributed by atoms with van der Waals surface area (Å²) in [5, 5.41) is 33.1. The van der Waals surface area contributed by atoms with Gasteiger partial charge < -0.3 is 15.5 Å². The topological polar surface area (TPSA) is 52.5 Å². The largest absolute Gasteiger partial charge is 0.387 e. The molecule has 0 spiro atoms. The number of hydrogen-bond donors (Lipinski definition) is 3. The van der Waals surface area contributed by atoms with E-state index in [2.05, 4.69) is 5.32 Å². The molecule has 132 valence electrons. The Labute approximate surface area is 156 Å². The minimum atomic E-state index is -0.996. The molecule has 0 bridgehead atoms. The van der Waals surface area contributed by atoms with Gasteiger partial charge in [-0.3, -0.25) is 0 Å². The summed E-state index contributed by atoms with van der Waals surface area (Å²) in [5.74, 6) is 0. The number of aliphatic hydroxyl groups excluding tert-OH is 1. The molecule has 0 radical (unpaired) electrons. The van der Waals surface area contributed by atoms with Gasteiger partial charge in [0.05, 0.1) is 6.10 Å². The molecular formula is C20H23NO2S2. The molecule has 3 rings (SSSR count). The van der Waals surface area contributed by atoms with E-state index in [4.69, 9.17) is 0 Å². The third kappa shape index (κ3) is 4.19. The summed E-state index contributed by atoms with van der Waals surface area (Å²) in [7, 11) is 0. The summed E-state index contributed by atoms with van der Waals surface area (Å²) in [6.45, 7) is 2.57. The van der Waals surface area contributed by atoms with Gasteiger partial charge in [-0.1, -0.05) is 30.3 Å². The van der Waals surface area contributed by atoms with Gasteiger partial charge in [-0.2, -0.15) is 22.7 Å². The van der Waals surface area contributed by atoms with Gasteiger partial charge in [-0.25, -0.2) is 0 Å². The number of benzene rings is 1. The maximum Gasteiger partial charge on any atom is 0.117 e. The lowest BCUT2D eigenvalue weighted by Crippen LogP contribution is -2.37. The predicted octanol–water partition coefficient (Wildman–Crippen LogP) is 4.15. The molecule has 2 aromatic heterocycles. The van der Waals surface area contributed by atoms with E-state index < -0.39 is 11.7 Å². The quantitative estimate of drug-likeness (QED) is 0.556. The van der Waals surface area contributed by atoms with Crippen LogP contribution in [0.25, 0.3) is 0 Å². The highest BCUT2D eigenvalue weighted by Crippen LogP contribution is 2.35. The van der Waals surface area contributed by atoms with Crippen molar-refractivity contribution in [3.63, 3.8) is 0 Å². The number of nitrogens with one attached hydrogen (secondary N) is 1. The molecule has 2 heterocycles. The van der Waals surface area contributed by atoms with Crippen LogP contribution in [0.5, 0.6) is 0 Å². The van der Waals surface area contributed by atoms with E-state index in [1.807, 2.05) is 70.9 Å². The Morgan fingerprint density at radius 1 is 1.00 bits per heavy atom. The summed E-state index contributed by atoms with van der Waals surface area (Å²) in [4.78, 5) is 0. The van der Waals surface area contributed by atoms with Gasteiger partial charge in [-0.15, -0.1) is 0 Å². The van der Waals surface area contributed by atoms with Crippen molar-refractivity contribution in [2.45, 2.75) is 31.1 Å². The second kappa shape index (κ2) is 8.25. The summed E-state index contributed by atoms with van der Waals surface area (Å²) >= 11 is 3.18.